The van der Waals surface area contributed by atoms with Gasteiger partial charge in [-0.2, -0.15) is 0 Å². The number of hydrogen-bond acceptors (Lipinski definition) is 1. The van der Waals surface area contributed by atoms with Crippen molar-refractivity contribution in [2.45, 2.75) is 44.9 Å². The van der Waals surface area contributed by atoms with Crippen molar-refractivity contribution in [2.75, 3.05) is 0 Å². The van der Waals surface area contributed by atoms with Crippen molar-refractivity contribution in [3.8, 4) is 0 Å². The highest BCUT2D eigenvalue weighted by atomic mass is 79.9. The lowest BCUT2D eigenvalue weighted by Crippen LogP contribution is -2.09. The van der Waals surface area contributed by atoms with E-state index in [1.807, 2.05) is 30.3 Å². The molecule has 2 heteroatoms. The van der Waals surface area contributed by atoms with E-state index < -0.39 is 0 Å². The van der Waals surface area contributed by atoms with Crippen molar-refractivity contribution in [2.24, 2.45) is 5.92 Å². The topological polar surface area (TPSA) is 17.1 Å². The fourth-order valence-electron chi connectivity index (χ4n) is 3.45. The molecule has 0 spiro atoms. The average Bonchev–Trinajstić information content (AvgIpc) is 2.54. The van der Waals surface area contributed by atoms with Crippen molar-refractivity contribution in [3.63, 3.8) is 0 Å². The molecule has 0 amide bonds. The molecule has 1 nitrogen and oxygen atoms in total. The van der Waals surface area contributed by atoms with E-state index in [1.165, 1.54) is 32.1 Å². The smallest absolute Gasteiger partial charge is 0.163 e. The van der Waals surface area contributed by atoms with Gasteiger partial charge >= 0.3 is 0 Å². The summed E-state index contributed by atoms with van der Waals surface area (Å²) >= 11 is 3.57. The van der Waals surface area contributed by atoms with Crippen molar-refractivity contribution in [1.29, 1.82) is 0 Å². The fourth-order valence-corrected chi connectivity index (χ4v) is 3.93. The van der Waals surface area contributed by atoms with E-state index in [0.29, 0.717) is 12.2 Å². The largest absolute Gasteiger partial charge is 0.294 e. The lowest BCUT2D eigenvalue weighted by molar-refractivity contribution is 0.0972. The van der Waals surface area contributed by atoms with Crippen LogP contribution in [0.2, 0.25) is 0 Å². The molecule has 1 saturated carbocycles. The third-order valence-corrected chi connectivity index (χ3v) is 5.37. The Morgan fingerprint density at radius 3 is 2.48 bits per heavy atom. The number of carbonyl (C=O) groups excluding carboxylic acids is 1. The van der Waals surface area contributed by atoms with Crippen LogP contribution in [0.25, 0.3) is 10.8 Å². The Kier molecular flexibility index (Phi) is 4.74. The summed E-state index contributed by atoms with van der Waals surface area (Å²) in [6.07, 6.45) is 8.45. The van der Waals surface area contributed by atoms with Gasteiger partial charge in [0.15, 0.2) is 5.78 Å². The number of halogens is 1. The second kappa shape index (κ2) is 6.74. The van der Waals surface area contributed by atoms with Gasteiger partial charge in [-0.1, -0.05) is 72.3 Å². The maximum absolute atomic E-state index is 12.6. The van der Waals surface area contributed by atoms with Crippen LogP contribution in [0.3, 0.4) is 0 Å². The molecule has 2 aromatic rings. The normalized spacial score (nSPS) is 16.2. The van der Waals surface area contributed by atoms with E-state index >= 15 is 0 Å². The lowest BCUT2D eigenvalue weighted by atomic mass is 9.85. The minimum Gasteiger partial charge on any atom is -0.294 e. The zero-order valence-electron chi connectivity index (χ0n) is 12.3. The molecule has 1 aliphatic rings. The Morgan fingerprint density at radius 1 is 1.00 bits per heavy atom. The molecule has 2 aromatic carbocycles. The molecule has 0 radical (unpaired) electrons. The summed E-state index contributed by atoms with van der Waals surface area (Å²) in [4.78, 5) is 12.6. The van der Waals surface area contributed by atoms with Crippen LogP contribution < -0.4 is 0 Å². The molecule has 0 bridgehead atoms. The van der Waals surface area contributed by atoms with Gasteiger partial charge in [-0.25, -0.2) is 0 Å². The van der Waals surface area contributed by atoms with E-state index in [4.69, 9.17) is 0 Å². The number of hydrogen-bond donors (Lipinski definition) is 0. The molecule has 0 heterocycles. The van der Waals surface area contributed by atoms with Gasteiger partial charge in [0.25, 0.3) is 0 Å². The molecular formula is C19H21BrO. The molecular weight excluding hydrogens is 324 g/mol. The molecule has 0 aliphatic heterocycles. The molecule has 21 heavy (non-hydrogen) atoms. The van der Waals surface area contributed by atoms with Crippen LogP contribution in [0, 0.1) is 5.92 Å². The zero-order valence-corrected chi connectivity index (χ0v) is 13.9. The number of ketones is 1. The summed E-state index contributed by atoms with van der Waals surface area (Å²) in [5.74, 6) is 1.06. The molecule has 0 atom stereocenters. The Hall–Kier alpha value is -1.15. The van der Waals surface area contributed by atoms with E-state index in [9.17, 15) is 4.79 Å². The molecule has 3 rings (SSSR count). The van der Waals surface area contributed by atoms with Crippen LogP contribution in [0.15, 0.2) is 40.9 Å². The van der Waals surface area contributed by atoms with Crippen LogP contribution in [0.5, 0.6) is 0 Å². The number of rotatable bonds is 4. The van der Waals surface area contributed by atoms with E-state index in [0.717, 1.165) is 33.1 Å². The Morgan fingerprint density at radius 2 is 1.71 bits per heavy atom. The lowest BCUT2D eigenvalue weighted by Gasteiger charge is -2.21. The molecule has 0 aromatic heterocycles. The van der Waals surface area contributed by atoms with Gasteiger partial charge in [0, 0.05) is 16.5 Å². The second-order valence-corrected chi connectivity index (χ2v) is 6.96. The number of carbonyl (C=O) groups is 1. The van der Waals surface area contributed by atoms with Crippen molar-refractivity contribution < 1.29 is 4.79 Å². The van der Waals surface area contributed by atoms with Gasteiger partial charge in [-0.3, -0.25) is 4.79 Å². The summed E-state index contributed by atoms with van der Waals surface area (Å²) in [7, 11) is 0. The maximum Gasteiger partial charge on any atom is 0.163 e. The van der Waals surface area contributed by atoms with Crippen LogP contribution in [-0.2, 0) is 0 Å². The third kappa shape index (κ3) is 3.37. The minimum atomic E-state index is 0.296. The summed E-state index contributed by atoms with van der Waals surface area (Å²) in [6, 6.07) is 12.1. The first kappa shape index (κ1) is 14.8. The quantitative estimate of drug-likeness (QED) is 0.608. The summed E-state index contributed by atoms with van der Waals surface area (Å²) in [5, 5.41) is 2.20. The highest BCUT2D eigenvalue weighted by molar-refractivity contribution is 9.10. The second-order valence-electron chi connectivity index (χ2n) is 6.11. The summed E-state index contributed by atoms with van der Waals surface area (Å²) < 4.78 is 1.06. The molecule has 1 aliphatic carbocycles. The van der Waals surface area contributed by atoms with Crippen LogP contribution in [0.4, 0.5) is 0 Å². The van der Waals surface area contributed by atoms with E-state index in [2.05, 4.69) is 22.0 Å². The number of fused-ring (bicyclic) bond motifs is 1. The monoisotopic (exact) mass is 344 g/mol. The summed E-state index contributed by atoms with van der Waals surface area (Å²) in [5.41, 5.74) is 0.879. The van der Waals surface area contributed by atoms with Gasteiger partial charge in [0.2, 0.25) is 0 Å². The Bertz CT molecular complexity index is 641. The van der Waals surface area contributed by atoms with Crippen LogP contribution >= 0.6 is 15.9 Å². The maximum atomic E-state index is 12.6. The standard InChI is InChI=1S/C19H21BrO/c20-18-12-11-17(15-8-4-5-9-16(15)18)19(21)13-10-14-6-2-1-3-7-14/h4-5,8-9,11-12,14H,1-3,6-7,10,13H2. The van der Waals surface area contributed by atoms with Crippen molar-refractivity contribution in [3.05, 3.63) is 46.4 Å². The molecule has 1 fully saturated rings. The van der Waals surface area contributed by atoms with Gasteiger partial charge in [-0.15, -0.1) is 0 Å². The predicted octanol–water partition coefficient (Wildman–Crippen LogP) is 6.15. The highest BCUT2D eigenvalue weighted by Crippen LogP contribution is 2.30. The van der Waals surface area contributed by atoms with Crippen molar-refractivity contribution in [1.82, 2.24) is 0 Å². The SMILES string of the molecule is O=C(CCC1CCCCC1)c1ccc(Br)c2ccccc12. The van der Waals surface area contributed by atoms with Gasteiger partial charge in [0.05, 0.1) is 0 Å². The van der Waals surface area contributed by atoms with Crippen LogP contribution in [0.1, 0.15) is 55.3 Å². The van der Waals surface area contributed by atoms with E-state index in [-0.39, 0.29) is 0 Å². The first-order chi connectivity index (χ1) is 10.3. The summed E-state index contributed by atoms with van der Waals surface area (Å²) in [6.45, 7) is 0. The first-order valence-corrected chi connectivity index (χ1v) is 8.75. The predicted molar refractivity (Wildman–Crippen MR) is 91.8 cm³/mol. The molecule has 0 N–H and O–H groups in total. The number of Topliss-reactive ketones (excluding diaryl/α,β-unsaturated/α-hetero) is 1. The van der Waals surface area contributed by atoms with Crippen LogP contribution in [-0.4, -0.2) is 5.78 Å². The van der Waals surface area contributed by atoms with Gasteiger partial charge < -0.3 is 0 Å². The zero-order chi connectivity index (χ0) is 14.7. The molecule has 110 valence electrons. The van der Waals surface area contributed by atoms with Crippen molar-refractivity contribution >= 4 is 32.5 Å². The Labute approximate surface area is 134 Å². The average molecular weight is 345 g/mol. The molecule has 0 unspecified atom stereocenters. The Balaban J connectivity index is 1.77. The highest BCUT2D eigenvalue weighted by Gasteiger charge is 2.17. The van der Waals surface area contributed by atoms with E-state index in [1.54, 1.807) is 0 Å². The first-order valence-electron chi connectivity index (χ1n) is 7.96. The molecule has 0 saturated heterocycles. The number of benzene rings is 2. The minimum absolute atomic E-state index is 0.296. The third-order valence-electron chi connectivity index (χ3n) is 4.68. The van der Waals surface area contributed by atoms with Gasteiger partial charge in [0.1, 0.15) is 0 Å². The van der Waals surface area contributed by atoms with Gasteiger partial charge in [-0.05, 0) is 35.2 Å². The fraction of sp³-hybridized carbons (Fsp3) is 0.421.